The number of methoxy groups -OCH3 is 2. The van der Waals surface area contributed by atoms with Crippen LogP contribution in [0.3, 0.4) is 0 Å². The van der Waals surface area contributed by atoms with Gasteiger partial charge in [-0.3, -0.25) is 0 Å². The number of esters is 1. The third-order valence-corrected chi connectivity index (χ3v) is 22.2. The Morgan fingerprint density at radius 2 is 1.79 bits per heavy atom. The van der Waals surface area contributed by atoms with Gasteiger partial charge >= 0.3 is 385 Å². The second-order valence-corrected chi connectivity index (χ2v) is 24.3. The van der Waals surface area contributed by atoms with Gasteiger partial charge in [-0.1, -0.05) is 0 Å². The number of halogens is 1. The zero-order valence-corrected chi connectivity index (χ0v) is 41.7. The second-order valence-electron chi connectivity index (χ2n) is 19.5. The normalized spacial score (nSPS) is 49.2. The van der Waals surface area contributed by atoms with E-state index in [4.69, 9.17) is 41.0 Å². The molecule has 0 radical (unpaired) electrons. The van der Waals surface area contributed by atoms with Crippen molar-refractivity contribution in [2.75, 3.05) is 32.3 Å². The van der Waals surface area contributed by atoms with Gasteiger partial charge < -0.3 is 0 Å². The van der Waals surface area contributed by atoms with Crippen LogP contribution >= 0.6 is 20.2 Å². The van der Waals surface area contributed by atoms with Crippen LogP contribution < -0.4 is 5.32 Å². The van der Waals surface area contributed by atoms with E-state index in [0.717, 1.165) is 10.8 Å². The first-order valence-electron chi connectivity index (χ1n) is 23.3. The van der Waals surface area contributed by atoms with Crippen LogP contribution in [-0.2, 0) is 45.8 Å². The number of hydrogen-bond acceptors (Lipinski definition) is 13. The fourth-order valence-corrected chi connectivity index (χ4v) is 17.9. The van der Waals surface area contributed by atoms with Gasteiger partial charge in [0.05, 0.1) is 0 Å². The Hall–Kier alpha value is -1.54. The van der Waals surface area contributed by atoms with Crippen LogP contribution in [0.15, 0.2) is 59.3 Å². The van der Waals surface area contributed by atoms with Crippen LogP contribution in [0.25, 0.3) is 0 Å². The van der Waals surface area contributed by atoms with Crippen LogP contribution in [0.4, 0.5) is 0 Å². The van der Waals surface area contributed by atoms with Gasteiger partial charge in [-0.25, -0.2) is 0 Å². The maximum absolute atomic E-state index is 14.4. The molecule has 0 aromatic heterocycles. The van der Waals surface area contributed by atoms with E-state index in [1.165, 1.54) is 5.57 Å². The van der Waals surface area contributed by atoms with Crippen LogP contribution in [0.1, 0.15) is 94.4 Å². The van der Waals surface area contributed by atoms with E-state index in [2.05, 4.69) is 72.0 Å². The van der Waals surface area contributed by atoms with Crippen molar-refractivity contribution in [3.63, 3.8) is 0 Å². The average molecular weight is 998 g/mol. The molecule has 6 aliphatic heterocycles. The number of fused-ring (bicyclic) bond motifs is 2. The summed E-state index contributed by atoms with van der Waals surface area (Å²) in [4.78, 5) is 14.4. The van der Waals surface area contributed by atoms with Crippen LogP contribution in [0, 0.1) is 23.7 Å². The van der Waals surface area contributed by atoms with Gasteiger partial charge in [0.2, 0.25) is 0 Å². The summed E-state index contributed by atoms with van der Waals surface area (Å²) >= 11 is -2.35. The zero-order chi connectivity index (χ0) is 45.6. The summed E-state index contributed by atoms with van der Waals surface area (Å²) in [5, 5.41) is 27.3. The first kappa shape index (κ1) is 49.4. The number of aliphatic hydroxyl groups excluding tert-OH is 1. The summed E-state index contributed by atoms with van der Waals surface area (Å²) in [6.07, 6.45) is 12.4. The Morgan fingerprint density at radius 3 is 2.49 bits per heavy atom. The molecule has 0 aromatic rings. The van der Waals surface area contributed by atoms with Crippen molar-refractivity contribution in [2.24, 2.45) is 23.7 Å². The molecule has 7 aliphatic rings. The molecular weight excluding hydrogens is 921 g/mol. The number of ether oxygens (including phenoxy) is 8. The van der Waals surface area contributed by atoms with Gasteiger partial charge in [-0.05, 0) is 0 Å². The molecule has 0 amide bonds. The Morgan fingerprint density at radius 1 is 1.03 bits per heavy atom. The molecule has 6 heterocycles. The molecule has 356 valence electrons. The van der Waals surface area contributed by atoms with Crippen LogP contribution in [0.2, 0.25) is 0 Å². The molecule has 2 unspecified atom stereocenters. The van der Waals surface area contributed by atoms with E-state index < -0.39 is 68.1 Å². The monoisotopic (exact) mass is 997 g/mol. The predicted octanol–water partition coefficient (Wildman–Crippen LogP) is 6.68. The molecule has 0 saturated carbocycles. The number of carbonyl (C=O) groups is 1. The molecule has 1 aliphatic carbocycles. The molecule has 19 atom stereocenters. The van der Waals surface area contributed by atoms with Gasteiger partial charge in [0, 0.05) is 0 Å². The summed E-state index contributed by atoms with van der Waals surface area (Å²) in [7, 11) is 5.43. The SMILES string of the molecule is CCC(C)[C@H]1O[C@]2(C=C[C@@H]1C)C[C@@H]1C[C@@H](C/C=C(\C)[C@@H](I3C[C@H](OC)C(O[C@H]4C[C@H](OC)[C@](C)(NC)[C@H](C)O4)[C@H](C)O3)[C@@H](C)/C=C/C=C3\CO[C@@H]4[C@H](O)C(C)=C[C@@H](C(=O)O1)[C@]34O)O2. The molecule has 4 fully saturated rings. The maximum atomic E-state index is 14.4. The zero-order valence-electron chi connectivity index (χ0n) is 39.6. The summed E-state index contributed by atoms with van der Waals surface area (Å²) < 4.78 is 59.8. The van der Waals surface area contributed by atoms with Crippen LogP contribution in [-0.4, -0.2) is 137 Å². The Bertz CT molecular complexity index is 1790. The summed E-state index contributed by atoms with van der Waals surface area (Å²) in [6, 6.07) is 0. The van der Waals surface area contributed by atoms with E-state index in [1.807, 2.05) is 32.2 Å². The quantitative estimate of drug-likeness (QED) is 0.103. The van der Waals surface area contributed by atoms with E-state index in [-0.39, 0.29) is 76.6 Å². The van der Waals surface area contributed by atoms with Gasteiger partial charge in [-0.2, -0.15) is 0 Å². The topological polar surface area (TPSA) is 153 Å². The molecular formula is C49H76INO12. The van der Waals surface area contributed by atoms with E-state index in [1.54, 1.807) is 27.2 Å². The summed E-state index contributed by atoms with van der Waals surface area (Å²) in [5.74, 6) is -2.21. The number of allylic oxidation sites excluding steroid dienone is 4. The van der Waals surface area contributed by atoms with Gasteiger partial charge in [0.1, 0.15) is 0 Å². The molecule has 7 rings (SSSR count). The Kier molecular flexibility index (Phi) is 15.6. The third-order valence-electron chi connectivity index (χ3n) is 15.3. The minimum absolute atomic E-state index is 0.0314. The number of likely N-dealkylation sites (N-methyl/N-ethyl adjacent to an activating group) is 1. The van der Waals surface area contributed by atoms with Crippen molar-refractivity contribution in [3.8, 4) is 0 Å². The van der Waals surface area contributed by atoms with Crippen molar-refractivity contribution in [2.45, 2.75) is 183 Å². The van der Waals surface area contributed by atoms with Gasteiger partial charge in [-0.15, -0.1) is 0 Å². The number of hydrogen-bond donors (Lipinski definition) is 3. The van der Waals surface area contributed by atoms with E-state index in [9.17, 15) is 15.0 Å². The van der Waals surface area contributed by atoms with E-state index >= 15 is 0 Å². The number of aliphatic hydroxyl groups is 2. The predicted molar refractivity (Wildman–Crippen MR) is 248 cm³/mol. The fraction of sp³-hybridized carbons (Fsp3) is 0.776. The molecule has 2 bridgehead atoms. The van der Waals surface area contributed by atoms with Gasteiger partial charge in [0.15, 0.2) is 0 Å². The number of alkyl halides is 2. The molecule has 4 saturated heterocycles. The average Bonchev–Trinajstić information content (AvgIpc) is 3.59. The minimum atomic E-state index is -2.35. The van der Waals surface area contributed by atoms with Crippen LogP contribution in [0.5, 0.6) is 0 Å². The van der Waals surface area contributed by atoms with E-state index in [0.29, 0.717) is 36.8 Å². The fourth-order valence-electron chi connectivity index (χ4n) is 11.0. The summed E-state index contributed by atoms with van der Waals surface area (Å²) in [5.41, 5.74) is 0.126. The molecule has 63 heavy (non-hydrogen) atoms. The molecule has 1 spiro atoms. The third kappa shape index (κ3) is 9.63. The number of carbonyl (C=O) groups excluding carboxylic acids is 1. The standard InChI is InChI=1S/C49H76INO12/c1-13-27(2)43-30(5)19-20-48(62-43)24-36-22-35(61-48)18-17-29(4)41(28(3)15-14-16-34-26-57-45-42(52)31(6)21-37(46(53)59-36)49(34,45)54)50-25-38(55-11)44(32(7)63-50)60-40-23-39(56-12)47(9,51-10)33(8)58-40/h14-17,19-21,27-28,30,32-33,35-45,51-52,54H,13,18,22-26H2,1-12H3/b15-14+,29-17+,34-16+/t27?,28-,30-,32-,33-,35+,36-,37-,38-,39-,40-,41-,42+,43+,44?,45+,47+,48+,49+/m0/s1. The van der Waals surface area contributed by atoms with Crippen molar-refractivity contribution in [1.82, 2.24) is 5.32 Å². The molecule has 14 heteroatoms. The van der Waals surface area contributed by atoms with Crippen molar-refractivity contribution in [1.29, 1.82) is 0 Å². The second kappa shape index (κ2) is 20.0. The Balaban J connectivity index is 1.21. The first-order chi connectivity index (χ1) is 29.9. The van der Waals surface area contributed by atoms with Gasteiger partial charge in [0.25, 0.3) is 0 Å². The first-order valence-corrected chi connectivity index (χ1v) is 26.9. The summed E-state index contributed by atoms with van der Waals surface area (Å²) in [6.45, 7) is 19.0. The van der Waals surface area contributed by atoms with Crippen molar-refractivity contribution >= 4 is 26.2 Å². The van der Waals surface area contributed by atoms with Crippen molar-refractivity contribution < 1.29 is 56.0 Å². The van der Waals surface area contributed by atoms with Crippen molar-refractivity contribution in [3.05, 3.63) is 59.3 Å². The Labute approximate surface area is 383 Å². The number of nitrogens with one attached hydrogen (secondary N) is 1. The number of rotatable bonds is 8. The molecule has 0 aromatic carbocycles. The molecule has 3 N–H and O–H groups in total. The molecule has 13 nitrogen and oxygen atoms in total.